The molecule has 0 bridgehead atoms. The molecule has 0 fully saturated rings. The van der Waals surface area contributed by atoms with Crippen molar-refractivity contribution in [2.24, 2.45) is 11.8 Å². The summed E-state index contributed by atoms with van der Waals surface area (Å²) in [6.07, 6.45) is -0.415. The minimum atomic E-state index is -0.603. The van der Waals surface area contributed by atoms with Gasteiger partial charge in [0.25, 0.3) is 0 Å². The number of hydrogen-bond acceptors (Lipinski definition) is 2. The molecule has 0 saturated carbocycles. The van der Waals surface area contributed by atoms with Gasteiger partial charge in [-0.3, -0.25) is 0 Å². The van der Waals surface area contributed by atoms with E-state index in [1.807, 2.05) is 20.8 Å². The minimum absolute atomic E-state index is 0. The summed E-state index contributed by atoms with van der Waals surface area (Å²) in [6.45, 7) is 7.58. The number of aliphatic hydroxyl groups excluding tert-OH is 2. The Morgan fingerprint density at radius 3 is 2.00 bits per heavy atom. The fraction of sp³-hybridized carbons (Fsp3) is 0.818. The Bertz CT molecular complexity index is 193. The zero-order valence-corrected chi connectivity index (χ0v) is 12.3. The molecule has 2 N–H and O–H groups in total. The Morgan fingerprint density at radius 2 is 1.64 bits per heavy atom. The van der Waals surface area contributed by atoms with Crippen molar-refractivity contribution in [2.75, 3.05) is 0 Å². The van der Waals surface area contributed by atoms with Crippen molar-refractivity contribution in [3.05, 3.63) is 0 Å². The molecule has 0 heterocycles. The van der Waals surface area contributed by atoms with Crippen LogP contribution in [-0.2, 0) is 21.1 Å². The number of rotatable bonds is 4. The average Bonchev–Trinajstić information content (AvgIpc) is 2.03. The summed E-state index contributed by atoms with van der Waals surface area (Å²) in [7, 11) is 0. The van der Waals surface area contributed by atoms with Gasteiger partial charge in [0.15, 0.2) is 0 Å². The summed E-state index contributed by atoms with van der Waals surface area (Å²) < 4.78 is 0. The first kappa shape index (κ1) is 16.6. The van der Waals surface area contributed by atoms with E-state index in [-0.39, 0.29) is 39.0 Å². The van der Waals surface area contributed by atoms with Gasteiger partial charge >= 0.3 is 0 Å². The Labute approximate surface area is 101 Å². The van der Waals surface area contributed by atoms with Crippen molar-refractivity contribution in [1.82, 2.24) is 0 Å². The van der Waals surface area contributed by atoms with E-state index >= 15 is 0 Å². The monoisotopic (exact) mass is 368 g/mol. The zero-order chi connectivity index (χ0) is 10.4. The molecule has 0 aromatic rings. The van der Waals surface area contributed by atoms with Gasteiger partial charge in [-0.2, -0.15) is 0 Å². The first-order valence-electron chi connectivity index (χ1n) is 4.77. The van der Waals surface area contributed by atoms with Crippen LogP contribution in [0.15, 0.2) is 0 Å². The molecule has 0 spiro atoms. The van der Waals surface area contributed by atoms with E-state index in [9.17, 15) is 10.2 Å². The second-order valence-electron chi connectivity index (χ2n) is 3.86. The third kappa shape index (κ3) is 6.60. The third-order valence-electron chi connectivity index (χ3n) is 2.17. The molecular formula is C11H20O2W. The maximum Gasteiger partial charge on any atom is 0.115 e. The Balaban J connectivity index is 0. The molecule has 82 valence electrons. The van der Waals surface area contributed by atoms with Crippen molar-refractivity contribution < 1.29 is 31.3 Å². The van der Waals surface area contributed by atoms with Crippen molar-refractivity contribution in [1.29, 1.82) is 0 Å². The van der Waals surface area contributed by atoms with Gasteiger partial charge in [-0.05, 0) is 25.2 Å². The molecule has 0 aliphatic rings. The summed E-state index contributed by atoms with van der Waals surface area (Å²) in [5.41, 5.74) is 0. The third-order valence-corrected chi connectivity index (χ3v) is 2.17. The molecule has 3 atom stereocenters. The molecule has 1 unspecified atom stereocenters. The minimum Gasteiger partial charge on any atom is -0.393 e. The van der Waals surface area contributed by atoms with Crippen molar-refractivity contribution in [3.8, 4) is 11.8 Å². The summed E-state index contributed by atoms with van der Waals surface area (Å²) >= 11 is 0. The van der Waals surface area contributed by atoms with E-state index in [0.29, 0.717) is 6.42 Å². The molecule has 2 nitrogen and oxygen atoms in total. The van der Waals surface area contributed by atoms with Crippen molar-refractivity contribution in [3.63, 3.8) is 0 Å². The van der Waals surface area contributed by atoms with E-state index < -0.39 is 6.10 Å². The van der Waals surface area contributed by atoms with E-state index in [2.05, 4.69) is 11.8 Å². The smallest absolute Gasteiger partial charge is 0.115 e. The van der Waals surface area contributed by atoms with E-state index in [1.165, 1.54) is 0 Å². The predicted molar refractivity (Wildman–Crippen MR) is 54.1 cm³/mol. The van der Waals surface area contributed by atoms with Gasteiger partial charge in [-0.1, -0.05) is 26.7 Å². The fourth-order valence-electron chi connectivity index (χ4n) is 1.37. The molecule has 0 aliphatic carbocycles. The largest absolute Gasteiger partial charge is 0.393 e. The van der Waals surface area contributed by atoms with Crippen LogP contribution in [0.2, 0.25) is 0 Å². The topological polar surface area (TPSA) is 40.5 Å². The van der Waals surface area contributed by atoms with Crippen LogP contribution < -0.4 is 0 Å². The van der Waals surface area contributed by atoms with Gasteiger partial charge in [0.05, 0.1) is 6.10 Å². The van der Waals surface area contributed by atoms with Crippen LogP contribution in [-0.4, -0.2) is 22.4 Å². The first-order chi connectivity index (χ1) is 5.99. The summed E-state index contributed by atoms with van der Waals surface area (Å²) in [6, 6.07) is 0. The van der Waals surface area contributed by atoms with Gasteiger partial charge < -0.3 is 10.2 Å². The van der Waals surface area contributed by atoms with Crippen LogP contribution in [0.1, 0.15) is 34.1 Å². The fourth-order valence-corrected chi connectivity index (χ4v) is 1.37. The second-order valence-corrected chi connectivity index (χ2v) is 3.86. The van der Waals surface area contributed by atoms with Crippen LogP contribution in [0.3, 0.4) is 0 Å². The Kier molecular flexibility index (Phi) is 10.0. The van der Waals surface area contributed by atoms with Crippen LogP contribution >= 0.6 is 0 Å². The summed E-state index contributed by atoms with van der Waals surface area (Å²) in [4.78, 5) is 0. The van der Waals surface area contributed by atoms with Gasteiger partial charge in [0.1, 0.15) is 6.10 Å². The molecule has 14 heavy (non-hydrogen) atoms. The molecule has 0 aromatic heterocycles. The SMILES string of the molecule is CC#CC(O)C[C@@H](C)[C@@H](O)C(C)C.[W]. The van der Waals surface area contributed by atoms with Crippen LogP contribution in [0.5, 0.6) is 0 Å². The van der Waals surface area contributed by atoms with Crippen molar-refractivity contribution in [2.45, 2.75) is 46.3 Å². The average molecular weight is 368 g/mol. The molecule has 0 rings (SSSR count). The van der Waals surface area contributed by atoms with Gasteiger partial charge in [-0.15, -0.1) is 5.92 Å². The van der Waals surface area contributed by atoms with E-state index in [4.69, 9.17) is 0 Å². The first-order valence-corrected chi connectivity index (χ1v) is 4.77. The van der Waals surface area contributed by atoms with Crippen LogP contribution in [0.25, 0.3) is 0 Å². The van der Waals surface area contributed by atoms with Gasteiger partial charge in [0.2, 0.25) is 0 Å². The van der Waals surface area contributed by atoms with E-state index in [0.717, 1.165) is 0 Å². The van der Waals surface area contributed by atoms with Crippen LogP contribution in [0, 0.1) is 23.7 Å². The van der Waals surface area contributed by atoms with E-state index in [1.54, 1.807) is 6.92 Å². The van der Waals surface area contributed by atoms with Gasteiger partial charge in [-0.25, -0.2) is 0 Å². The van der Waals surface area contributed by atoms with Gasteiger partial charge in [0, 0.05) is 21.1 Å². The molecule has 0 saturated heterocycles. The molecule has 0 radical (unpaired) electrons. The number of aliphatic hydroxyl groups is 2. The molecule has 0 aromatic carbocycles. The normalized spacial score (nSPS) is 16.2. The molecule has 0 amide bonds. The molecular weight excluding hydrogens is 348 g/mol. The maximum absolute atomic E-state index is 9.65. The summed E-state index contributed by atoms with van der Waals surface area (Å²) in [5.74, 6) is 5.65. The predicted octanol–water partition coefficient (Wildman–Crippen LogP) is 1.41. The van der Waals surface area contributed by atoms with Crippen molar-refractivity contribution >= 4 is 0 Å². The number of hydrogen-bond donors (Lipinski definition) is 2. The Morgan fingerprint density at radius 1 is 1.14 bits per heavy atom. The quantitative estimate of drug-likeness (QED) is 0.737. The zero-order valence-electron chi connectivity index (χ0n) is 9.32. The Hall–Kier alpha value is 0.168. The standard InChI is InChI=1S/C11H20O2.W/c1-5-6-10(12)7-9(4)11(13)8(2)3;/h8-13H,7H2,1-4H3;/t9-,10?,11+;/m1./s1. The maximum atomic E-state index is 9.65. The van der Waals surface area contributed by atoms with Crippen LogP contribution in [0.4, 0.5) is 0 Å². The molecule has 0 aliphatic heterocycles. The molecule has 3 heteroatoms. The summed E-state index contributed by atoms with van der Waals surface area (Å²) in [5, 5.41) is 19.0. The second kappa shape index (κ2) is 8.47.